The third kappa shape index (κ3) is 2.61. The van der Waals surface area contributed by atoms with Crippen molar-refractivity contribution in [2.24, 2.45) is 12.8 Å². The molecule has 1 atom stereocenters. The van der Waals surface area contributed by atoms with Crippen molar-refractivity contribution in [1.29, 1.82) is 5.26 Å². The molecule has 0 saturated heterocycles. The number of allylic oxidation sites excluding steroid dienone is 1. The Morgan fingerprint density at radius 2 is 2.12 bits per heavy atom. The van der Waals surface area contributed by atoms with Crippen LogP contribution in [-0.2, 0) is 7.05 Å². The number of hydrogen-bond donors (Lipinski definition) is 2. The van der Waals surface area contributed by atoms with Crippen LogP contribution in [0.3, 0.4) is 0 Å². The molecular weight excluding hydrogens is 402 g/mol. The van der Waals surface area contributed by atoms with Crippen LogP contribution in [0.25, 0.3) is 0 Å². The molecule has 2 heterocycles. The highest BCUT2D eigenvalue weighted by Gasteiger charge is 2.34. The Hall–Kier alpha value is -2.92. The highest BCUT2D eigenvalue weighted by atomic mass is 79.9. The summed E-state index contributed by atoms with van der Waals surface area (Å²) in [6.45, 7) is 1.78. The van der Waals surface area contributed by atoms with Gasteiger partial charge in [-0.3, -0.25) is 4.79 Å². The zero-order chi connectivity index (χ0) is 19.2. The second-order valence-corrected chi connectivity index (χ2v) is 6.76. The van der Waals surface area contributed by atoms with E-state index in [1.54, 1.807) is 32.2 Å². The van der Waals surface area contributed by atoms with E-state index < -0.39 is 5.92 Å². The van der Waals surface area contributed by atoms with Gasteiger partial charge in [-0.1, -0.05) is 0 Å². The molecule has 1 aromatic carbocycles. The highest BCUT2D eigenvalue weighted by Crippen LogP contribution is 2.44. The van der Waals surface area contributed by atoms with Crippen molar-refractivity contribution in [2.75, 3.05) is 7.11 Å². The third-order valence-corrected chi connectivity index (χ3v) is 5.06. The molecule has 7 nitrogen and oxygen atoms in total. The van der Waals surface area contributed by atoms with Crippen molar-refractivity contribution in [3.05, 3.63) is 61.3 Å². The second-order valence-electron chi connectivity index (χ2n) is 5.91. The minimum atomic E-state index is -0.742. The maximum absolute atomic E-state index is 12.9. The van der Waals surface area contributed by atoms with Crippen LogP contribution in [0.2, 0.25) is 0 Å². The molecule has 0 bridgehead atoms. The SMILES string of the molecule is COc1cc([C@H]2C(C#N)=C(N)Oc3cc(C)n(C)c(=O)c32)cc(Br)c1O. The third-order valence-electron chi connectivity index (χ3n) is 4.46. The lowest BCUT2D eigenvalue weighted by molar-refractivity contribution is 0.370. The summed E-state index contributed by atoms with van der Waals surface area (Å²) < 4.78 is 12.6. The molecule has 0 saturated carbocycles. The van der Waals surface area contributed by atoms with Gasteiger partial charge in [-0.2, -0.15) is 5.26 Å². The highest BCUT2D eigenvalue weighted by molar-refractivity contribution is 9.10. The second kappa shape index (κ2) is 6.42. The number of rotatable bonds is 2. The van der Waals surface area contributed by atoms with Gasteiger partial charge >= 0.3 is 0 Å². The van der Waals surface area contributed by atoms with Crippen LogP contribution < -0.4 is 20.8 Å². The van der Waals surface area contributed by atoms with E-state index in [1.165, 1.54) is 11.7 Å². The van der Waals surface area contributed by atoms with Gasteiger partial charge in [-0.25, -0.2) is 0 Å². The fraction of sp³-hybridized carbons (Fsp3) is 0.222. The first kappa shape index (κ1) is 17.9. The van der Waals surface area contributed by atoms with E-state index in [0.29, 0.717) is 27.0 Å². The lowest BCUT2D eigenvalue weighted by atomic mass is 9.84. The summed E-state index contributed by atoms with van der Waals surface area (Å²) in [6, 6.07) is 6.94. The number of nitriles is 1. The molecule has 3 N–H and O–H groups in total. The number of aromatic hydroxyl groups is 1. The number of pyridine rings is 1. The minimum Gasteiger partial charge on any atom is -0.503 e. The van der Waals surface area contributed by atoms with Gasteiger partial charge in [-0.15, -0.1) is 0 Å². The molecule has 0 radical (unpaired) electrons. The quantitative estimate of drug-likeness (QED) is 0.775. The van der Waals surface area contributed by atoms with Crippen molar-refractivity contribution in [1.82, 2.24) is 4.57 Å². The molecule has 2 aromatic rings. The molecular formula is C18H16BrN3O4. The van der Waals surface area contributed by atoms with Crippen molar-refractivity contribution >= 4 is 15.9 Å². The summed E-state index contributed by atoms with van der Waals surface area (Å²) in [5.41, 5.74) is 7.36. The molecule has 1 aliphatic heterocycles. The Balaban J connectivity index is 2.37. The first-order valence-electron chi connectivity index (χ1n) is 7.64. The molecule has 0 fully saturated rings. The van der Waals surface area contributed by atoms with Crippen LogP contribution in [0, 0.1) is 18.3 Å². The smallest absolute Gasteiger partial charge is 0.258 e. The summed E-state index contributed by atoms with van der Waals surface area (Å²) in [7, 11) is 3.07. The van der Waals surface area contributed by atoms with Gasteiger partial charge in [0, 0.05) is 18.8 Å². The van der Waals surface area contributed by atoms with Crippen molar-refractivity contribution in [3.63, 3.8) is 0 Å². The molecule has 1 aromatic heterocycles. The number of ether oxygens (including phenoxy) is 2. The van der Waals surface area contributed by atoms with E-state index in [0.717, 1.165) is 0 Å². The molecule has 8 heteroatoms. The molecule has 134 valence electrons. The van der Waals surface area contributed by atoms with Gasteiger partial charge in [0.05, 0.1) is 23.1 Å². The number of benzene rings is 1. The maximum Gasteiger partial charge on any atom is 0.258 e. The number of phenolic OH excluding ortho intramolecular Hbond substituents is 1. The normalized spacial score (nSPS) is 15.9. The van der Waals surface area contributed by atoms with Crippen LogP contribution in [0.5, 0.6) is 17.2 Å². The van der Waals surface area contributed by atoms with E-state index >= 15 is 0 Å². The van der Waals surface area contributed by atoms with E-state index in [-0.39, 0.29) is 28.5 Å². The van der Waals surface area contributed by atoms with Gasteiger partial charge < -0.3 is 24.9 Å². The number of aryl methyl sites for hydroxylation is 1. The Morgan fingerprint density at radius 3 is 2.73 bits per heavy atom. The van der Waals surface area contributed by atoms with Crippen molar-refractivity contribution in [3.8, 4) is 23.3 Å². The van der Waals surface area contributed by atoms with E-state index in [9.17, 15) is 15.2 Å². The molecule has 26 heavy (non-hydrogen) atoms. The molecule has 3 rings (SSSR count). The summed E-state index contributed by atoms with van der Waals surface area (Å²) in [4.78, 5) is 12.9. The standard InChI is InChI=1S/C18H16BrN3O4/c1-8-4-12-15(18(24)22(8)2)14(10(7-20)17(21)26-12)9-5-11(19)16(23)13(6-9)25-3/h4-6,14,23H,21H2,1-3H3/t14-/m0/s1. The minimum absolute atomic E-state index is 0.0548. The summed E-state index contributed by atoms with van der Waals surface area (Å²) in [5, 5.41) is 19.7. The number of nitrogens with zero attached hydrogens (tertiary/aromatic N) is 2. The van der Waals surface area contributed by atoms with E-state index in [4.69, 9.17) is 15.2 Å². The zero-order valence-electron chi connectivity index (χ0n) is 14.3. The topological polar surface area (TPSA) is 110 Å². The maximum atomic E-state index is 12.9. The largest absolute Gasteiger partial charge is 0.503 e. The summed E-state index contributed by atoms with van der Waals surface area (Å²) >= 11 is 3.27. The number of phenols is 1. The van der Waals surface area contributed by atoms with Gasteiger partial charge in [0.25, 0.3) is 5.56 Å². The van der Waals surface area contributed by atoms with Gasteiger partial charge in [0.1, 0.15) is 17.4 Å². The Labute approximate surface area is 158 Å². The molecule has 0 spiro atoms. The zero-order valence-corrected chi connectivity index (χ0v) is 15.9. The fourth-order valence-electron chi connectivity index (χ4n) is 2.99. The Kier molecular flexibility index (Phi) is 4.42. The Morgan fingerprint density at radius 1 is 1.42 bits per heavy atom. The molecule has 0 amide bonds. The van der Waals surface area contributed by atoms with E-state index in [2.05, 4.69) is 15.9 Å². The lowest BCUT2D eigenvalue weighted by Crippen LogP contribution is -2.31. The summed E-state index contributed by atoms with van der Waals surface area (Å²) in [6.07, 6.45) is 0. The predicted molar refractivity (Wildman–Crippen MR) is 98.1 cm³/mol. The number of methoxy groups -OCH3 is 1. The monoisotopic (exact) mass is 417 g/mol. The average Bonchev–Trinajstić information content (AvgIpc) is 2.61. The lowest BCUT2D eigenvalue weighted by Gasteiger charge is -2.27. The summed E-state index contributed by atoms with van der Waals surface area (Å²) in [5.74, 6) is -0.344. The van der Waals surface area contributed by atoms with Gasteiger partial charge in [0.2, 0.25) is 5.88 Å². The van der Waals surface area contributed by atoms with E-state index in [1.807, 2.05) is 6.07 Å². The number of aromatic nitrogens is 1. The van der Waals surface area contributed by atoms with Crippen LogP contribution in [0.15, 0.2) is 38.9 Å². The number of halogens is 1. The van der Waals surface area contributed by atoms with Crippen LogP contribution >= 0.6 is 15.9 Å². The molecule has 0 unspecified atom stereocenters. The van der Waals surface area contributed by atoms with Crippen LogP contribution in [-0.4, -0.2) is 16.8 Å². The van der Waals surface area contributed by atoms with Crippen LogP contribution in [0.1, 0.15) is 22.7 Å². The molecule has 0 aliphatic carbocycles. The van der Waals surface area contributed by atoms with Gasteiger partial charge in [0.15, 0.2) is 11.5 Å². The number of nitrogens with two attached hydrogens (primary N) is 1. The van der Waals surface area contributed by atoms with Gasteiger partial charge in [-0.05, 0) is 40.5 Å². The van der Waals surface area contributed by atoms with Crippen molar-refractivity contribution < 1.29 is 14.6 Å². The number of hydrogen-bond acceptors (Lipinski definition) is 6. The Bertz CT molecular complexity index is 1050. The fourth-order valence-corrected chi connectivity index (χ4v) is 3.45. The average molecular weight is 418 g/mol. The number of fused-ring (bicyclic) bond motifs is 1. The first-order chi connectivity index (χ1) is 12.3. The van der Waals surface area contributed by atoms with Crippen LogP contribution in [0.4, 0.5) is 0 Å². The molecule has 1 aliphatic rings. The first-order valence-corrected chi connectivity index (χ1v) is 8.44. The predicted octanol–water partition coefficient (Wildman–Crippen LogP) is 2.39. The van der Waals surface area contributed by atoms with Crippen molar-refractivity contribution in [2.45, 2.75) is 12.8 Å².